The van der Waals surface area contributed by atoms with E-state index in [0.29, 0.717) is 16.5 Å². The number of hydrogen-bond donors (Lipinski definition) is 1. The van der Waals surface area contributed by atoms with E-state index in [-0.39, 0.29) is 43.8 Å². The number of sulfonamides is 1. The van der Waals surface area contributed by atoms with Crippen molar-refractivity contribution in [2.24, 2.45) is 0 Å². The highest BCUT2D eigenvalue weighted by Crippen LogP contribution is 2.24. The van der Waals surface area contributed by atoms with Gasteiger partial charge in [0.05, 0.1) is 19.1 Å². The van der Waals surface area contributed by atoms with Crippen molar-refractivity contribution in [3.63, 3.8) is 0 Å². The second kappa shape index (κ2) is 13.1. The maximum absolute atomic E-state index is 13.4. The Morgan fingerprint density at radius 3 is 2.43 bits per heavy atom. The third kappa shape index (κ3) is 8.36. The summed E-state index contributed by atoms with van der Waals surface area (Å²) in [5.41, 5.74) is 1.32. The molecule has 0 spiro atoms. The molecule has 8 nitrogen and oxygen atoms in total. The Morgan fingerprint density at radius 1 is 1.14 bits per heavy atom. The molecule has 0 bridgehead atoms. The second-order valence-corrected chi connectivity index (χ2v) is 11.8. The van der Waals surface area contributed by atoms with Crippen LogP contribution < -0.4 is 14.4 Å². The van der Waals surface area contributed by atoms with E-state index < -0.39 is 16.1 Å². The van der Waals surface area contributed by atoms with E-state index in [1.165, 1.54) is 11.4 Å². The van der Waals surface area contributed by atoms with Crippen molar-refractivity contribution in [2.45, 2.75) is 64.1 Å². The van der Waals surface area contributed by atoms with Gasteiger partial charge in [0.2, 0.25) is 21.8 Å². The molecule has 2 amide bonds. The van der Waals surface area contributed by atoms with Crippen LogP contribution in [-0.2, 0) is 26.2 Å². The van der Waals surface area contributed by atoms with Crippen LogP contribution in [0.15, 0.2) is 48.5 Å². The van der Waals surface area contributed by atoms with Crippen LogP contribution >= 0.6 is 11.6 Å². The van der Waals surface area contributed by atoms with Crippen molar-refractivity contribution in [3.05, 3.63) is 59.1 Å². The number of rotatable bonds is 12. The SMILES string of the molecule is COc1cccc(N(CCCC(=O)N(Cc2ccc(Cl)cc2)C(C)C(=O)NC2CCCC2)S(C)(=O)=O)c1. The number of carbonyl (C=O) groups is 2. The topological polar surface area (TPSA) is 96.0 Å². The van der Waals surface area contributed by atoms with E-state index in [2.05, 4.69) is 5.32 Å². The van der Waals surface area contributed by atoms with Gasteiger partial charge in [-0.1, -0.05) is 42.6 Å². The van der Waals surface area contributed by atoms with Gasteiger partial charge >= 0.3 is 0 Å². The number of hydrogen-bond acceptors (Lipinski definition) is 5. The molecule has 0 saturated heterocycles. The molecule has 2 aromatic carbocycles. The summed E-state index contributed by atoms with van der Waals surface area (Å²) >= 11 is 6.02. The van der Waals surface area contributed by atoms with Crippen molar-refractivity contribution in [1.82, 2.24) is 10.2 Å². The molecule has 1 aliphatic carbocycles. The number of amides is 2. The van der Waals surface area contributed by atoms with Gasteiger partial charge < -0.3 is 15.0 Å². The lowest BCUT2D eigenvalue weighted by molar-refractivity contribution is -0.141. The average Bonchev–Trinajstić information content (AvgIpc) is 3.38. The highest BCUT2D eigenvalue weighted by molar-refractivity contribution is 7.92. The molecule has 37 heavy (non-hydrogen) atoms. The van der Waals surface area contributed by atoms with E-state index in [9.17, 15) is 18.0 Å². The molecule has 202 valence electrons. The minimum atomic E-state index is -3.58. The number of nitrogens with one attached hydrogen (secondary N) is 1. The number of nitrogens with zero attached hydrogens (tertiary/aromatic N) is 2. The Bertz CT molecular complexity index is 1170. The van der Waals surface area contributed by atoms with Crippen LogP contribution in [0.5, 0.6) is 5.75 Å². The number of carbonyl (C=O) groups excluding carboxylic acids is 2. The first-order valence-corrected chi connectivity index (χ1v) is 14.8. The zero-order valence-electron chi connectivity index (χ0n) is 21.7. The molecule has 0 aromatic heterocycles. The Labute approximate surface area is 225 Å². The number of anilines is 1. The number of ether oxygens (including phenoxy) is 1. The first kappa shape index (κ1) is 28.8. The van der Waals surface area contributed by atoms with Gasteiger partial charge in [0, 0.05) is 36.6 Å². The molecule has 10 heteroatoms. The molecule has 1 unspecified atom stereocenters. The molecule has 2 aromatic rings. The quantitative estimate of drug-likeness (QED) is 0.424. The highest BCUT2D eigenvalue weighted by Gasteiger charge is 2.28. The Balaban J connectivity index is 1.71. The van der Waals surface area contributed by atoms with Gasteiger partial charge in [0.15, 0.2) is 0 Å². The lowest BCUT2D eigenvalue weighted by atomic mass is 10.1. The first-order valence-electron chi connectivity index (χ1n) is 12.5. The summed E-state index contributed by atoms with van der Waals surface area (Å²) in [5, 5.41) is 3.67. The summed E-state index contributed by atoms with van der Waals surface area (Å²) in [4.78, 5) is 28.0. The third-order valence-corrected chi connectivity index (χ3v) is 8.07. The maximum Gasteiger partial charge on any atom is 0.242 e. The van der Waals surface area contributed by atoms with Crippen molar-refractivity contribution in [3.8, 4) is 5.75 Å². The smallest absolute Gasteiger partial charge is 0.242 e. The third-order valence-electron chi connectivity index (χ3n) is 6.63. The molecular formula is C27H36ClN3O5S. The van der Waals surface area contributed by atoms with Crippen molar-refractivity contribution < 1.29 is 22.7 Å². The molecule has 0 heterocycles. The number of halogens is 1. The molecule has 1 atom stereocenters. The molecule has 1 saturated carbocycles. The molecule has 0 aliphatic heterocycles. The van der Waals surface area contributed by atoms with E-state index in [1.807, 2.05) is 12.1 Å². The summed E-state index contributed by atoms with van der Waals surface area (Å²) in [7, 11) is -2.06. The van der Waals surface area contributed by atoms with Gasteiger partial charge in [-0.15, -0.1) is 0 Å². The Hall–Kier alpha value is -2.78. The minimum absolute atomic E-state index is 0.0879. The van der Waals surface area contributed by atoms with Gasteiger partial charge in [0.1, 0.15) is 11.8 Å². The lowest BCUT2D eigenvalue weighted by Crippen LogP contribution is -2.49. The number of methoxy groups -OCH3 is 1. The van der Waals surface area contributed by atoms with Crippen LogP contribution in [0.1, 0.15) is 51.0 Å². The summed E-state index contributed by atoms with van der Waals surface area (Å²) in [6, 6.07) is 13.4. The fourth-order valence-electron chi connectivity index (χ4n) is 4.53. The standard InChI is InChI=1S/C27H36ClN3O5S/c1-20(27(33)29-23-8-4-5-9-23)30(19-21-13-15-22(28)16-14-21)26(32)12-7-17-31(37(3,34)35)24-10-6-11-25(18-24)36-2/h6,10-11,13-16,18,20,23H,4-5,7-9,12,17,19H2,1-3H3,(H,29,33). The second-order valence-electron chi connectivity index (χ2n) is 9.45. The van der Waals surface area contributed by atoms with Crippen molar-refractivity contribution >= 4 is 39.1 Å². The largest absolute Gasteiger partial charge is 0.497 e. The predicted octanol–water partition coefficient (Wildman–Crippen LogP) is 4.37. The Morgan fingerprint density at radius 2 is 1.81 bits per heavy atom. The first-order chi connectivity index (χ1) is 17.6. The summed E-state index contributed by atoms with van der Waals surface area (Å²) in [6.07, 6.45) is 5.61. The van der Waals surface area contributed by atoms with Gasteiger partial charge in [0.25, 0.3) is 0 Å². The van der Waals surface area contributed by atoms with Crippen molar-refractivity contribution in [1.29, 1.82) is 0 Å². The fraction of sp³-hybridized carbons (Fsp3) is 0.481. The maximum atomic E-state index is 13.4. The van der Waals surface area contributed by atoms with Gasteiger partial charge in [-0.2, -0.15) is 0 Å². The molecule has 3 rings (SSSR count). The molecule has 1 aliphatic rings. The summed E-state index contributed by atoms with van der Waals surface area (Å²) < 4.78 is 31.5. The van der Waals surface area contributed by atoms with Crippen LogP contribution in [0.25, 0.3) is 0 Å². The summed E-state index contributed by atoms with van der Waals surface area (Å²) in [6.45, 7) is 2.10. The van der Waals surface area contributed by atoms with Crippen LogP contribution in [0.4, 0.5) is 5.69 Å². The van der Waals surface area contributed by atoms with Crippen LogP contribution in [0, 0.1) is 0 Å². The zero-order valence-corrected chi connectivity index (χ0v) is 23.2. The molecule has 1 fully saturated rings. The van der Waals surface area contributed by atoms with Crippen molar-refractivity contribution in [2.75, 3.05) is 24.2 Å². The molecular weight excluding hydrogens is 514 g/mol. The Kier molecular flexibility index (Phi) is 10.2. The lowest BCUT2D eigenvalue weighted by Gasteiger charge is -2.30. The van der Waals surface area contributed by atoms with Gasteiger partial charge in [-0.25, -0.2) is 8.42 Å². The van der Waals surface area contributed by atoms with Gasteiger partial charge in [-0.3, -0.25) is 13.9 Å². The predicted molar refractivity (Wildman–Crippen MR) is 146 cm³/mol. The van der Waals surface area contributed by atoms with Crippen LogP contribution in [0.2, 0.25) is 5.02 Å². The molecule has 0 radical (unpaired) electrons. The minimum Gasteiger partial charge on any atom is -0.497 e. The monoisotopic (exact) mass is 549 g/mol. The van der Waals surface area contributed by atoms with Crippen LogP contribution in [-0.4, -0.2) is 57.1 Å². The van der Waals surface area contributed by atoms with E-state index in [0.717, 1.165) is 37.5 Å². The van der Waals surface area contributed by atoms with Gasteiger partial charge in [-0.05, 0) is 56.0 Å². The average molecular weight is 550 g/mol. The van der Waals surface area contributed by atoms with E-state index >= 15 is 0 Å². The summed E-state index contributed by atoms with van der Waals surface area (Å²) in [5.74, 6) is 0.143. The van der Waals surface area contributed by atoms with Crippen LogP contribution in [0.3, 0.4) is 0 Å². The molecule has 1 N–H and O–H groups in total. The van der Waals surface area contributed by atoms with E-state index in [1.54, 1.807) is 48.2 Å². The fourth-order valence-corrected chi connectivity index (χ4v) is 5.61. The highest BCUT2D eigenvalue weighted by atomic mass is 35.5. The zero-order chi connectivity index (χ0) is 27.0. The van der Waals surface area contributed by atoms with E-state index in [4.69, 9.17) is 16.3 Å². The number of benzene rings is 2. The normalized spacial score (nSPS) is 14.7.